The Morgan fingerprint density at radius 3 is 2.94 bits per heavy atom. The molecule has 0 bridgehead atoms. The molecular weight excluding hydrogens is 286 g/mol. The van der Waals surface area contributed by atoms with Gasteiger partial charge in [-0.25, -0.2) is 0 Å². The Hall–Kier alpha value is -0.340. The maximum Gasteiger partial charge on any atom is 0.0233 e. The third-order valence-electron chi connectivity index (χ3n) is 4.45. The van der Waals surface area contributed by atoms with E-state index in [9.17, 15) is 0 Å². The Labute approximate surface area is 119 Å². The van der Waals surface area contributed by atoms with E-state index in [1.807, 2.05) is 0 Å². The molecule has 98 valence electrons. The van der Waals surface area contributed by atoms with Crippen molar-refractivity contribution in [2.45, 2.75) is 44.0 Å². The first kappa shape index (κ1) is 12.7. The highest BCUT2D eigenvalue weighted by Crippen LogP contribution is 2.26. The minimum atomic E-state index is 0.716. The van der Waals surface area contributed by atoms with Gasteiger partial charge in [0.1, 0.15) is 0 Å². The van der Waals surface area contributed by atoms with Crippen LogP contribution in [-0.2, 0) is 19.4 Å². The van der Waals surface area contributed by atoms with E-state index >= 15 is 0 Å². The fourth-order valence-corrected chi connectivity index (χ4v) is 3.70. The Balaban J connectivity index is 1.66. The predicted molar refractivity (Wildman–Crippen MR) is 80.2 cm³/mol. The molecule has 0 N–H and O–H groups in total. The molecule has 2 aliphatic rings. The second kappa shape index (κ2) is 5.34. The zero-order valence-corrected chi connectivity index (χ0v) is 12.7. The SMILES string of the molecule is CC1CN(Cc2ccc3c(c2)CCC3)CCC1Br. The van der Waals surface area contributed by atoms with Gasteiger partial charge in [-0.15, -0.1) is 0 Å². The highest BCUT2D eigenvalue weighted by Gasteiger charge is 2.24. The second-order valence-corrected chi connectivity index (χ2v) is 7.15. The first-order valence-electron chi connectivity index (χ1n) is 7.19. The molecule has 1 aliphatic carbocycles. The molecule has 0 radical (unpaired) electrons. The van der Waals surface area contributed by atoms with E-state index in [0.29, 0.717) is 4.83 Å². The summed E-state index contributed by atoms with van der Waals surface area (Å²) in [6.07, 6.45) is 5.22. The van der Waals surface area contributed by atoms with E-state index < -0.39 is 0 Å². The van der Waals surface area contributed by atoms with Gasteiger partial charge in [0.15, 0.2) is 0 Å². The average molecular weight is 308 g/mol. The Morgan fingerprint density at radius 1 is 1.28 bits per heavy atom. The van der Waals surface area contributed by atoms with Crippen molar-refractivity contribution in [3.05, 3.63) is 34.9 Å². The van der Waals surface area contributed by atoms with Crippen LogP contribution >= 0.6 is 15.9 Å². The van der Waals surface area contributed by atoms with Crippen molar-refractivity contribution in [3.63, 3.8) is 0 Å². The lowest BCUT2D eigenvalue weighted by molar-refractivity contribution is 0.183. The van der Waals surface area contributed by atoms with Crippen molar-refractivity contribution < 1.29 is 0 Å². The number of aryl methyl sites for hydroxylation is 2. The van der Waals surface area contributed by atoms with Crippen LogP contribution in [0.3, 0.4) is 0 Å². The van der Waals surface area contributed by atoms with E-state index in [2.05, 4.69) is 46.0 Å². The molecule has 1 aromatic carbocycles. The van der Waals surface area contributed by atoms with Crippen LogP contribution < -0.4 is 0 Å². The van der Waals surface area contributed by atoms with Crippen molar-refractivity contribution >= 4 is 15.9 Å². The summed E-state index contributed by atoms with van der Waals surface area (Å²) in [5, 5.41) is 0. The third-order valence-corrected chi connectivity index (χ3v) is 5.81. The molecule has 1 saturated heterocycles. The number of halogens is 1. The number of hydrogen-bond donors (Lipinski definition) is 0. The molecule has 3 rings (SSSR count). The highest BCUT2D eigenvalue weighted by molar-refractivity contribution is 9.09. The van der Waals surface area contributed by atoms with E-state index in [-0.39, 0.29) is 0 Å². The van der Waals surface area contributed by atoms with E-state index in [0.717, 1.165) is 12.5 Å². The quantitative estimate of drug-likeness (QED) is 0.752. The standard InChI is InChI=1S/C16H22BrN/c1-12-10-18(8-7-16(12)17)11-13-5-6-14-3-2-4-15(14)9-13/h5-6,9,12,16H,2-4,7-8,10-11H2,1H3. The highest BCUT2D eigenvalue weighted by atomic mass is 79.9. The summed E-state index contributed by atoms with van der Waals surface area (Å²) in [5.41, 5.74) is 4.71. The second-order valence-electron chi connectivity index (χ2n) is 5.97. The largest absolute Gasteiger partial charge is 0.299 e. The fourth-order valence-electron chi connectivity index (χ4n) is 3.33. The maximum absolute atomic E-state index is 3.78. The molecule has 1 nitrogen and oxygen atoms in total. The van der Waals surface area contributed by atoms with E-state index in [1.165, 1.54) is 44.3 Å². The molecule has 1 heterocycles. The Bertz CT molecular complexity index is 429. The van der Waals surface area contributed by atoms with Crippen molar-refractivity contribution in [2.75, 3.05) is 13.1 Å². The van der Waals surface area contributed by atoms with Gasteiger partial charge < -0.3 is 0 Å². The van der Waals surface area contributed by atoms with Crippen molar-refractivity contribution in [3.8, 4) is 0 Å². The van der Waals surface area contributed by atoms with Gasteiger partial charge in [0.05, 0.1) is 0 Å². The molecule has 0 spiro atoms. The van der Waals surface area contributed by atoms with Gasteiger partial charge in [0.25, 0.3) is 0 Å². The molecule has 0 saturated carbocycles. The van der Waals surface area contributed by atoms with Crippen LogP contribution in [0.4, 0.5) is 0 Å². The summed E-state index contributed by atoms with van der Waals surface area (Å²) in [7, 11) is 0. The van der Waals surface area contributed by atoms with Gasteiger partial charge in [-0.3, -0.25) is 4.90 Å². The van der Waals surface area contributed by atoms with Crippen LogP contribution in [0.15, 0.2) is 18.2 Å². The maximum atomic E-state index is 3.78. The Kier molecular flexibility index (Phi) is 3.76. The minimum absolute atomic E-state index is 0.716. The number of fused-ring (bicyclic) bond motifs is 1. The number of rotatable bonds is 2. The normalized spacial score (nSPS) is 28.3. The summed E-state index contributed by atoms with van der Waals surface area (Å²) in [6, 6.07) is 7.15. The molecule has 2 atom stereocenters. The molecule has 1 fully saturated rings. The summed E-state index contributed by atoms with van der Waals surface area (Å²) in [4.78, 5) is 3.33. The van der Waals surface area contributed by atoms with Gasteiger partial charge in [0, 0.05) is 17.9 Å². The van der Waals surface area contributed by atoms with Crippen LogP contribution in [-0.4, -0.2) is 22.8 Å². The predicted octanol–water partition coefficient (Wildman–Crippen LogP) is 3.78. The fraction of sp³-hybridized carbons (Fsp3) is 0.625. The molecular formula is C16H22BrN. The smallest absolute Gasteiger partial charge is 0.0233 e. The Morgan fingerprint density at radius 2 is 2.11 bits per heavy atom. The molecule has 0 amide bonds. The van der Waals surface area contributed by atoms with E-state index in [1.54, 1.807) is 11.1 Å². The summed E-state index contributed by atoms with van der Waals surface area (Å²) in [5.74, 6) is 0.771. The summed E-state index contributed by atoms with van der Waals surface area (Å²) in [6.45, 7) is 5.95. The number of alkyl halides is 1. The van der Waals surface area contributed by atoms with Gasteiger partial charge in [-0.05, 0) is 54.8 Å². The molecule has 1 aliphatic heterocycles. The first-order valence-corrected chi connectivity index (χ1v) is 8.11. The minimum Gasteiger partial charge on any atom is -0.299 e. The monoisotopic (exact) mass is 307 g/mol. The third kappa shape index (κ3) is 2.65. The first-order chi connectivity index (χ1) is 8.72. The number of nitrogens with zero attached hydrogens (tertiary/aromatic N) is 1. The number of piperidine rings is 1. The van der Waals surface area contributed by atoms with Crippen LogP contribution in [0.25, 0.3) is 0 Å². The zero-order chi connectivity index (χ0) is 12.5. The lowest BCUT2D eigenvalue weighted by Crippen LogP contribution is -2.39. The van der Waals surface area contributed by atoms with Crippen LogP contribution in [0.2, 0.25) is 0 Å². The van der Waals surface area contributed by atoms with Crippen LogP contribution in [0, 0.1) is 5.92 Å². The molecule has 2 unspecified atom stereocenters. The molecule has 2 heteroatoms. The van der Waals surface area contributed by atoms with Crippen molar-refractivity contribution in [2.24, 2.45) is 5.92 Å². The van der Waals surface area contributed by atoms with Gasteiger partial charge in [-0.2, -0.15) is 0 Å². The molecule has 1 aromatic rings. The summed E-state index contributed by atoms with van der Waals surface area (Å²) >= 11 is 3.78. The van der Waals surface area contributed by atoms with E-state index in [4.69, 9.17) is 0 Å². The lowest BCUT2D eigenvalue weighted by atomic mass is 9.99. The number of likely N-dealkylation sites (tertiary alicyclic amines) is 1. The number of hydrogen-bond acceptors (Lipinski definition) is 1. The lowest BCUT2D eigenvalue weighted by Gasteiger charge is -2.34. The molecule has 18 heavy (non-hydrogen) atoms. The number of benzene rings is 1. The van der Waals surface area contributed by atoms with Crippen LogP contribution in [0.5, 0.6) is 0 Å². The van der Waals surface area contributed by atoms with Gasteiger partial charge in [0.2, 0.25) is 0 Å². The zero-order valence-electron chi connectivity index (χ0n) is 11.2. The molecule has 0 aromatic heterocycles. The van der Waals surface area contributed by atoms with Gasteiger partial charge in [-0.1, -0.05) is 41.1 Å². The van der Waals surface area contributed by atoms with Gasteiger partial charge >= 0.3 is 0 Å². The van der Waals surface area contributed by atoms with Crippen LogP contribution in [0.1, 0.15) is 36.5 Å². The van der Waals surface area contributed by atoms with Crippen molar-refractivity contribution in [1.29, 1.82) is 0 Å². The topological polar surface area (TPSA) is 3.24 Å². The average Bonchev–Trinajstić information content (AvgIpc) is 2.81. The summed E-state index contributed by atoms with van der Waals surface area (Å²) < 4.78 is 0. The van der Waals surface area contributed by atoms with Crippen molar-refractivity contribution in [1.82, 2.24) is 4.90 Å².